The zero-order valence-corrected chi connectivity index (χ0v) is 17.5. The number of nitrogens with one attached hydrogen (secondary N) is 1. The van der Waals surface area contributed by atoms with Gasteiger partial charge in [0.05, 0.1) is 18.9 Å². The fraction of sp³-hybridized carbons (Fsp3) is 0.550. The number of anilines is 2. The highest BCUT2D eigenvalue weighted by Gasteiger charge is 2.19. The average Bonchev–Trinajstić information content (AvgIpc) is 2.80. The highest BCUT2D eigenvalue weighted by molar-refractivity contribution is 5.74. The van der Waals surface area contributed by atoms with Gasteiger partial charge in [-0.15, -0.1) is 0 Å². The molecule has 1 fully saturated rings. The summed E-state index contributed by atoms with van der Waals surface area (Å²) in [6, 6.07) is 0. The molecule has 0 aromatic carbocycles. The van der Waals surface area contributed by atoms with Gasteiger partial charge in [0.15, 0.2) is 5.82 Å². The van der Waals surface area contributed by atoms with Gasteiger partial charge in [-0.05, 0) is 12.8 Å². The van der Waals surface area contributed by atoms with Crippen LogP contribution in [0, 0.1) is 0 Å². The lowest BCUT2D eigenvalue weighted by Gasteiger charge is -2.28. The van der Waals surface area contributed by atoms with Gasteiger partial charge in [0, 0.05) is 50.2 Å². The van der Waals surface area contributed by atoms with E-state index >= 15 is 0 Å². The van der Waals surface area contributed by atoms with E-state index < -0.39 is 0 Å². The lowest BCUT2D eigenvalue weighted by atomic mass is 10.1. The molecule has 0 atom stereocenters. The van der Waals surface area contributed by atoms with Gasteiger partial charge in [-0.2, -0.15) is 0 Å². The van der Waals surface area contributed by atoms with E-state index in [-0.39, 0.29) is 17.4 Å². The Morgan fingerprint density at radius 2 is 1.81 bits per heavy atom. The molecule has 0 radical (unpaired) electrons. The Hall–Kier alpha value is -3.05. The number of hydroxylamine groups is 1. The molecule has 4 N–H and O–H groups in total. The lowest BCUT2D eigenvalue weighted by Crippen LogP contribution is -2.41. The molecule has 1 aliphatic heterocycles. The minimum absolute atomic E-state index is 0.123. The fourth-order valence-electron chi connectivity index (χ4n) is 3.44. The Morgan fingerprint density at radius 1 is 1.13 bits per heavy atom. The smallest absolute Gasteiger partial charge is 0.293 e. The van der Waals surface area contributed by atoms with Gasteiger partial charge in [0.1, 0.15) is 0 Å². The first kappa shape index (κ1) is 22.6. The Kier molecular flexibility index (Phi) is 8.30. The Morgan fingerprint density at radius 3 is 2.52 bits per heavy atom. The number of unbranched alkanes of at least 4 members (excludes halogenated alkanes) is 4. The van der Waals surface area contributed by atoms with Gasteiger partial charge < -0.3 is 19.9 Å². The Balaban J connectivity index is 1.69. The summed E-state index contributed by atoms with van der Waals surface area (Å²) in [6.45, 7) is 2.92. The largest absolute Gasteiger partial charge is 0.378 e. The molecule has 2 aromatic rings. The summed E-state index contributed by atoms with van der Waals surface area (Å²) in [5, 5.41) is 8.50. The number of hydrogen-bond acceptors (Lipinski definition) is 9. The highest BCUT2D eigenvalue weighted by atomic mass is 16.5. The molecule has 0 bridgehead atoms. The number of ether oxygens (including phenoxy) is 1. The molecule has 3 heterocycles. The molecule has 168 valence electrons. The minimum atomic E-state index is -0.363. The fourth-order valence-corrected chi connectivity index (χ4v) is 3.44. The van der Waals surface area contributed by atoms with Crippen LogP contribution in [0.4, 0.5) is 11.8 Å². The summed E-state index contributed by atoms with van der Waals surface area (Å²) < 4.78 is 7.10. The number of aromatic nitrogens is 4. The number of amides is 1. The van der Waals surface area contributed by atoms with Crippen molar-refractivity contribution in [2.75, 3.05) is 36.9 Å². The summed E-state index contributed by atoms with van der Waals surface area (Å²) in [6.07, 6.45) is 9.60. The molecule has 11 nitrogen and oxygen atoms in total. The van der Waals surface area contributed by atoms with Crippen LogP contribution in [-0.2, 0) is 16.1 Å². The molecule has 31 heavy (non-hydrogen) atoms. The van der Waals surface area contributed by atoms with Gasteiger partial charge in [-0.1, -0.05) is 19.3 Å². The van der Waals surface area contributed by atoms with Gasteiger partial charge >= 0.3 is 0 Å². The van der Waals surface area contributed by atoms with Crippen molar-refractivity contribution in [3.8, 4) is 11.3 Å². The number of nitrogens with two attached hydrogens (primary N) is 1. The van der Waals surface area contributed by atoms with Crippen molar-refractivity contribution in [3.63, 3.8) is 0 Å². The van der Waals surface area contributed by atoms with Crippen LogP contribution in [0.2, 0.25) is 0 Å². The third-order valence-corrected chi connectivity index (χ3v) is 5.16. The first-order valence-corrected chi connectivity index (χ1v) is 10.5. The van der Waals surface area contributed by atoms with Crippen LogP contribution in [0.1, 0.15) is 38.5 Å². The first-order valence-electron chi connectivity index (χ1n) is 10.5. The van der Waals surface area contributed by atoms with Gasteiger partial charge in [-0.3, -0.25) is 14.8 Å². The Labute approximate surface area is 180 Å². The molecule has 0 saturated carbocycles. The summed E-state index contributed by atoms with van der Waals surface area (Å²) in [5.41, 5.74) is 8.42. The number of nitrogen functional groups attached to an aromatic ring is 1. The van der Waals surface area contributed by atoms with Crippen molar-refractivity contribution in [1.82, 2.24) is 25.0 Å². The summed E-state index contributed by atoms with van der Waals surface area (Å²) >= 11 is 0. The van der Waals surface area contributed by atoms with Crippen molar-refractivity contribution >= 4 is 17.7 Å². The third kappa shape index (κ3) is 6.46. The molecule has 1 aliphatic rings. The van der Waals surface area contributed by atoms with Gasteiger partial charge in [0.2, 0.25) is 11.9 Å². The molecule has 3 rings (SSSR count). The van der Waals surface area contributed by atoms with Crippen LogP contribution in [0.25, 0.3) is 11.3 Å². The van der Waals surface area contributed by atoms with E-state index in [0.717, 1.165) is 32.1 Å². The van der Waals surface area contributed by atoms with Crippen LogP contribution in [0.3, 0.4) is 0 Å². The van der Waals surface area contributed by atoms with Crippen molar-refractivity contribution in [1.29, 1.82) is 0 Å². The number of rotatable bonds is 10. The number of hydrogen-bond donors (Lipinski definition) is 3. The molecule has 0 spiro atoms. The topological polar surface area (TPSA) is 148 Å². The maximum atomic E-state index is 13.1. The van der Waals surface area contributed by atoms with E-state index in [2.05, 4.69) is 15.0 Å². The van der Waals surface area contributed by atoms with Crippen LogP contribution in [0.5, 0.6) is 0 Å². The van der Waals surface area contributed by atoms with E-state index in [1.54, 1.807) is 28.6 Å². The van der Waals surface area contributed by atoms with E-state index in [1.807, 2.05) is 4.90 Å². The number of morpholine rings is 1. The monoisotopic (exact) mass is 431 g/mol. The molecule has 1 saturated heterocycles. The molecule has 1 amide bonds. The highest BCUT2D eigenvalue weighted by Crippen LogP contribution is 2.18. The lowest BCUT2D eigenvalue weighted by molar-refractivity contribution is -0.129. The van der Waals surface area contributed by atoms with E-state index in [0.29, 0.717) is 56.3 Å². The van der Waals surface area contributed by atoms with Crippen LogP contribution in [-0.4, -0.2) is 56.9 Å². The average molecular weight is 431 g/mol. The predicted molar refractivity (Wildman–Crippen MR) is 115 cm³/mol. The number of carbonyl (C=O) groups excluding carboxylic acids is 1. The second-order valence-corrected chi connectivity index (χ2v) is 7.43. The van der Waals surface area contributed by atoms with Crippen molar-refractivity contribution in [2.24, 2.45) is 0 Å². The zero-order chi connectivity index (χ0) is 22.1. The SMILES string of the molecule is Nc1ncc(-c2cn(CCCCCCCC(=O)NO)c(=O)c(N3CCOCC3)n2)cn1. The van der Waals surface area contributed by atoms with Crippen LogP contribution in [0.15, 0.2) is 23.4 Å². The minimum Gasteiger partial charge on any atom is -0.378 e. The second-order valence-electron chi connectivity index (χ2n) is 7.43. The molecule has 0 unspecified atom stereocenters. The van der Waals surface area contributed by atoms with E-state index in [1.165, 1.54) is 0 Å². The van der Waals surface area contributed by atoms with Crippen molar-refractivity contribution < 1.29 is 14.7 Å². The molecule has 0 aliphatic carbocycles. The van der Waals surface area contributed by atoms with Crippen LogP contribution < -0.4 is 21.7 Å². The normalized spacial score (nSPS) is 13.9. The number of carbonyl (C=O) groups is 1. The Bertz CT molecular complexity index is 911. The van der Waals surface area contributed by atoms with Crippen LogP contribution >= 0.6 is 0 Å². The number of nitrogens with zero attached hydrogens (tertiary/aromatic N) is 5. The molecular weight excluding hydrogens is 402 g/mol. The van der Waals surface area contributed by atoms with Crippen molar-refractivity contribution in [3.05, 3.63) is 28.9 Å². The summed E-state index contributed by atoms with van der Waals surface area (Å²) in [5.74, 6) is 0.229. The van der Waals surface area contributed by atoms with Gasteiger partial charge in [-0.25, -0.2) is 20.4 Å². The summed E-state index contributed by atoms with van der Waals surface area (Å²) in [4.78, 5) is 38.7. The second kappa shape index (κ2) is 11.4. The maximum Gasteiger partial charge on any atom is 0.293 e. The summed E-state index contributed by atoms with van der Waals surface area (Å²) in [7, 11) is 0. The predicted octanol–water partition coefficient (Wildman–Crippen LogP) is 0.965. The number of aryl methyl sites for hydroxylation is 1. The zero-order valence-electron chi connectivity index (χ0n) is 17.5. The van der Waals surface area contributed by atoms with Gasteiger partial charge in [0.25, 0.3) is 5.56 Å². The van der Waals surface area contributed by atoms with E-state index in [9.17, 15) is 9.59 Å². The maximum absolute atomic E-state index is 13.1. The quantitative estimate of drug-likeness (QED) is 0.284. The molecule has 11 heteroatoms. The first-order chi connectivity index (χ1) is 15.1. The standard InChI is InChI=1S/C20H29N7O4/c21-20-22-12-15(13-23-20)16-14-27(7-5-3-1-2-4-6-17(28)25-30)19(29)18(24-16)26-8-10-31-11-9-26/h12-14,30H,1-11H2,(H,25,28)(H2,21,22,23). The molecular formula is C20H29N7O4. The third-order valence-electron chi connectivity index (χ3n) is 5.16. The molecule has 2 aromatic heterocycles. The van der Waals surface area contributed by atoms with Crippen molar-refractivity contribution in [2.45, 2.75) is 45.1 Å². The van der Waals surface area contributed by atoms with E-state index in [4.69, 9.17) is 15.7 Å².